The Bertz CT molecular complexity index is 417. The highest BCUT2D eigenvalue weighted by molar-refractivity contribution is 7.18. The number of ether oxygens (including phenoxy) is 1. The lowest BCUT2D eigenvalue weighted by molar-refractivity contribution is 0.102. The molecule has 17 heavy (non-hydrogen) atoms. The van der Waals surface area contributed by atoms with Crippen LogP contribution < -0.4 is 11.1 Å². The fraction of sp³-hybridized carbons (Fsp3) is 0.583. The molecule has 0 amide bonds. The van der Waals surface area contributed by atoms with Crippen molar-refractivity contribution in [3.63, 3.8) is 0 Å². The smallest absolute Gasteiger partial charge is 0.171 e. The van der Waals surface area contributed by atoms with Crippen molar-refractivity contribution in [3.05, 3.63) is 10.9 Å². The highest BCUT2D eigenvalue weighted by Crippen LogP contribution is 2.30. The summed E-state index contributed by atoms with van der Waals surface area (Å²) in [6, 6.07) is 1.84. The first-order valence-corrected chi connectivity index (χ1v) is 6.65. The number of rotatable bonds is 4. The summed E-state index contributed by atoms with van der Waals surface area (Å²) in [6.07, 6.45) is 1.40. The van der Waals surface area contributed by atoms with Crippen LogP contribution in [0, 0.1) is 5.92 Å². The SMILES string of the molecule is CC(=O)c1sc(NCC2CCOC2C)cc1N. The molecule has 0 aromatic carbocycles. The van der Waals surface area contributed by atoms with E-state index in [1.54, 1.807) is 6.92 Å². The van der Waals surface area contributed by atoms with Crippen LogP contribution in [-0.2, 0) is 4.74 Å². The van der Waals surface area contributed by atoms with Gasteiger partial charge in [0.1, 0.15) is 0 Å². The first-order chi connectivity index (χ1) is 8.08. The average molecular weight is 254 g/mol. The van der Waals surface area contributed by atoms with Crippen LogP contribution >= 0.6 is 11.3 Å². The fourth-order valence-electron chi connectivity index (χ4n) is 2.04. The summed E-state index contributed by atoms with van der Waals surface area (Å²) in [5.41, 5.74) is 6.35. The van der Waals surface area contributed by atoms with Crippen molar-refractivity contribution in [2.45, 2.75) is 26.4 Å². The molecular weight excluding hydrogens is 236 g/mol. The van der Waals surface area contributed by atoms with Gasteiger partial charge in [0.2, 0.25) is 0 Å². The molecule has 1 aromatic rings. The second-order valence-corrected chi connectivity index (χ2v) is 5.51. The van der Waals surface area contributed by atoms with Gasteiger partial charge in [-0.15, -0.1) is 11.3 Å². The van der Waals surface area contributed by atoms with E-state index in [0.717, 1.165) is 24.6 Å². The summed E-state index contributed by atoms with van der Waals surface area (Å²) in [7, 11) is 0. The molecule has 1 saturated heterocycles. The number of nitrogens with one attached hydrogen (secondary N) is 1. The molecule has 0 aliphatic carbocycles. The van der Waals surface area contributed by atoms with E-state index in [1.807, 2.05) is 6.07 Å². The van der Waals surface area contributed by atoms with Crippen molar-refractivity contribution in [1.29, 1.82) is 0 Å². The predicted molar refractivity (Wildman–Crippen MR) is 70.7 cm³/mol. The monoisotopic (exact) mass is 254 g/mol. The second-order valence-electron chi connectivity index (χ2n) is 4.46. The van der Waals surface area contributed by atoms with E-state index in [1.165, 1.54) is 11.3 Å². The minimum Gasteiger partial charge on any atom is -0.397 e. The quantitative estimate of drug-likeness (QED) is 0.810. The van der Waals surface area contributed by atoms with E-state index in [0.29, 0.717) is 22.6 Å². The molecule has 1 aromatic heterocycles. The first kappa shape index (κ1) is 12.4. The van der Waals surface area contributed by atoms with E-state index >= 15 is 0 Å². The Morgan fingerprint density at radius 1 is 1.71 bits per heavy atom. The molecule has 4 nitrogen and oxygen atoms in total. The van der Waals surface area contributed by atoms with Gasteiger partial charge in [-0.3, -0.25) is 4.79 Å². The Hall–Kier alpha value is -1.07. The van der Waals surface area contributed by atoms with Gasteiger partial charge < -0.3 is 15.8 Å². The van der Waals surface area contributed by atoms with E-state index in [9.17, 15) is 4.79 Å². The molecule has 0 radical (unpaired) electrons. The molecule has 1 aliphatic heterocycles. The van der Waals surface area contributed by atoms with Crippen LogP contribution in [0.15, 0.2) is 6.07 Å². The molecule has 2 rings (SSSR count). The summed E-state index contributed by atoms with van der Waals surface area (Å²) in [4.78, 5) is 11.9. The van der Waals surface area contributed by atoms with E-state index in [2.05, 4.69) is 12.2 Å². The predicted octanol–water partition coefficient (Wildman–Crippen LogP) is 2.37. The van der Waals surface area contributed by atoms with Gasteiger partial charge in [0.25, 0.3) is 0 Å². The minimum absolute atomic E-state index is 0.0260. The number of hydrogen-bond donors (Lipinski definition) is 2. The fourth-order valence-corrected chi connectivity index (χ4v) is 2.92. The topological polar surface area (TPSA) is 64.3 Å². The van der Waals surface area contributed by atoms with E-state index in [4.69, 9.17) is 10.5 Å². The Labute approximate surface area is 105 Å². The van der Waals surface area contributed by atoms with Crippen molar-refractivity contribution in [2.75, 3.05) is 24.2 Å². The van der Waals surface area contributed by atoms with Crippen molar-refractivity contribution in [3.8, 4) is 0 Å². The van der Waals surface area contributed by atoms with Gasteiger partial charge in [-0.1, -0.05) is 0 Å². The number of carbonyl (C=O) groups excluding carboxylic acids is 1. The third-order valence-electron chi connectivity index (χ3n) is 3.15. The zero-order chi connectivity index (χ0) is 12.4. The van der Waals surface area contributed by atoms with Crippen molar-refractivity contribution >= 4 is 27.8 Å². The Balaban J connectivity index is 1.95. The zero-order valence-corrected chi connectivity index (χ0v) is 11.0. The molecule has 1 fully saturated rings. The third kappa shape index (κ3) is 2.79. The number of anilines is 2. The van der Waals surface area contributed by atoms with Gasteiger partial charge >= 0.3 is 0 Å². The normalized spacial score (nSPS) is 23.9. The van der Waals surface area contributed by atoms with Crippen LogP contribution in [0.1, 0.15) is 29.9 Å². The Morgan fingerprint density at radius 2 is 2.47 bits per heavy atom. The van der Waals surface area contributed by atoms with Gasteiger partial charge in [0.15, 0.2) is 5.78 Å². The summed E-state index contributed by atoms with van der Waals surface area (Å²) in [5, 5.41) is 4.30. The maximum absolute atomic E-state index is 11.3. The molecule has 0 spiro atoms. The van der Waals surface area contributed by atoms with Crippen LogP contribution in [0.5, 0.6) is 0 Å². The largest absolute Gasteiger partial charge is 0.397 e. The van der Waals surface area contributed by atoms with Crippen LogP contribution in [-0.4, -0.2) is 25.0 Å². The maximum Gasteiger partial charge on any atom is 0.171 e. The lowest BCUT2D eigenvalue weighted by atomic mass is 10.0. The lowest BCUT2D eigenvalue weighted by Crippen LogP contribution is -2.20. The van der Waals surface area contributed by atoms with Gasteiger partial charge in [0, 0.05) is 26.0 Å². The molecule has 2 heterocycles. The summed E-state index contributed by atoms with van der Waals surface area (Å²) >= 11 is 1.43. The van der Waals surface area contributed by atoms with E-state index < -0.39 is 0 Å². The van der Waals surface area contributed by atoms with Crippen molar-refractivity contribution in [2.24, 2.45) is 5.92 Å². The average Bonchev–Trinajstić information content (AvgIpc) is 2.82. The number of Topliss-reactive ketones (excluding diaryl/α,β-unsaturated/α-hetero) is 1. The van der Waals surface area contributed by atoms with Crippen LogP contribution in [0.4, 0.5) is 10.7 Å². The summed E-state index contributed by atoms with van der Waals surface area (Å²) < 4.78 is 5.51. The molecule has 3 N–H and O–H groups in total. The highest BCUT2D eigenvalue weighted by Gasteiger charge is 2.24. The van der Waals surface area contributed by atoms with E-state index in [-0.39, 0.29) is 5.78 Å². The number of nitrogen functional groups attached to an aromatic ring is 1. The van der Waals surface area contributed by atoms with Crippen molar-refractivity contribution in [1.82, 2.24) is 0 Å². The Morgan fingerprint density at radius 3 is 3.00 bits per heavy atom. The molecule has 0 bridgehead atoms. The number of hydrogen-bond acceptors (Lipinski definition) is 5. The van der Waals surface area contributed by atoms with Crippen LogP contribution in [0.25, 0.3) is 0 Å². The Kier molecular flexibility index (Phi) is 3.69. The number of nitrogens with two attached hydrogens (primary N) is 1. The molecule has 1 aliphatic rings. The summed E-state index contributed by atoms with van der Waals surface area (Å²) in [6.45, 7) is 5.36. The maximum atomic E-state index is 11.3. The molecule has 94 valence electrons. The molecule has 5 heteroatoms. The number of carbonyl (C=O) groups is 1. The molecule has 2 atom stereocenters. The van der Waals surface area contributed by atoms with Crippen LogP contribution in [0.2, 0.25) is 0 Å². The van der Waals surface area contributed by atoms with Gasteiger partial charge in [0.05, 0.1) is 21.7 Å². The highest BCUT2D eigenvalue weighted by atomic mass is 32.1. The number of ketones is 1. The molecule has 0 saturated carbocycles. The standard InChI is InChI=1S/C12H18N2O2S/c1-7(15)12-10(13)5-11(17-12)14-6-9-3-4-16-8(9)2/h5,8-9,14H,3-4,6,13H2,1-2H3. The van der Waals surface area contributed by atoms with Crippen LogP contribution in [0.3, 0.4) is 0 Å². The third-order valence-corrected chi connectivity index (χ3v) is 4.36. The lowest BCUT2D eigenvalue weighted by Gasteiger charge is -2.14. The van der Waals surface area contributed by atoms with Gasteiger partial charge in [-0.05, 0) is 19.4 Å². The van der Waals surface area contributed by atoms with Gasteiger partial charge in [-0.2, -0.15) is 0 Å². The van der Waals surface area contributed by atoms with Gasteiger partial charge in [-0.25, -0.2) is 0 Å². The number of thiophene rings is 1. The summed E-state index contributed by atoms with van der Waals surface area (Å²) in [5.74, 6) is 0.567. The second kappa shape index (κ2) is 5.06. The van der Waals surface area contributed by atoms with Crippen molar-refractivity contribution < 1.29 is 9.53 Å². The zero-order valence-electron chi connectivity index (χ0n) is 10.2. The molecule has 2 unspecified atom stereocenters. The minimum atomic E-state index is 0.0260. The first-order valence-electron chi connectivity index (χ1n) is 5.83. The molecular formula is C12H18N2O2S.